The summed E-state index contributed by atoms with van der Waals surface area (Å²) in [7, 11) is -2.28. The van der Waals surface area contributed by atoms with Gasteiger partial charge in [0, 0.05) is 24.8 Å². The predicted octanol–water partition coefficient (Wildman–Crippen LogP) is 4.12. The highest BCUT2D eigenvalue weighted by Gasteiger charge is 2.20. The molecule has 0 aliphatic carbocycles. The van der Waals surface area contributed by atoms with Crippen LogP contribution in [-0.4, -0.2) is 21.4 Å². The Morgan fingerprint density at radius 3 is 2.52 bits per heavy atom. The number of hydrogen-bond donors (Lipinski definition) is 4. The number of para-hydroxylation sites is 1. The van der Waals surface area contributed by atoms with E-state index in [1.807, 2.05) is 18.2 Å². The highest BCUT2D eigenvalue weighted by atomic mass is 32.2. The molecule has 1 aliphatic heterocycles. The maximum Gasteiger partial charge on any atom is 0.261 e. The van der Waals surface area contributed by atoms with E-state index in [0.29, 0.717) is 29.4 Å². The van der Waals surface area contributed by atoms with Gasteiger partial charge in [0.2, 0.25) is 5.91 Å². The number of anilines is 5. The molecule has 3 aromatic rings. The van der Waals surface area contributed by atoms with Crippen LogP contribution in [-0.2, 0) is 21.4 Å². The summed E-state index contributed by atoms with van der Waals surface area (Å²) in [5, 5.41) is 9.41. The van der Waals surface area contributed by atoms with Gasteiger partial charge in [-0.3, -0.25) is 9.52 Å². The van der Waals surface area contributed by atoms with Crippen LogP contribution in [0.1, 0.15) is 12.5 Å². The first-order valence-electron chi connectivity index (χ1n) is 9.57. The Balaban J connectivity index is 1.65. The molecule has 31 heavy (non-hydrogen) atoms. The minimum Gasteiger partial charge on any atom is -0.497 e. The fraction of sp³-hybridized carbons (Fsp3) is 0.136. The molecule has 0 aromatic heterocycles. The Kier molecular flexibility index (Phi) is 5.43. The quantitative estimate of drug-likeness (QED) is 0.477. The smallest absolute Gasteiger partial charge is 0.261 e. The standard InChI is InChI=1S/C22H22N4O4S/c1-14(27)24-16-6-11-19-15(12-16)13-23-20-4-3-5-21(22(20)25-19)26-31(28,29)18-9-7-17(30-2)8-10-18/h3-12,23,25-26H,13H2,1-2H3,(H,24,27). The van der Waals surface area contributed by atoms with Crippen LogP contribution in [0.15, 0.2) is 65.6 Å². The van der Waals surface area contributed by atoms with Crippen molar-refractivity contribution in [2.45, 2.75) is 18.4 Å². The summed E-state index contributed by atoms with van der Waals surface area (Å²) in [6, 6.07) is 17.1. The molecule has 0 saturated heterocycles. The molecule has 4 N–H and O–H groups in total. The summed E-state index contributed by atoms with van der Waals surface area (Å²) in [6.07, 6.45) is 0. The molecule has 0 fully saturated rings. The molecule has 0 saturated carbocycles. The molecule has 160 valence electrons. The van der Waals surface area contributed by atoms with Crippen molar-refractivity contribution in [3.63, 3.8) is 0 Å². The van der Waals surface area contributed by atoms with Crippen molar-refractivity contribution in [3.8, 4) is 5.75 Å². The van der Waals surface area contributed by atoms with Crippen molar-refractivity contribution in [2.75, 3.05) is 27.8 Å². The van der Waals surface area contributed by atoms with Gasteiger partial charge < -0.3 is 20.7 Å². The molecule has 0 spiro atoms. The molecule has 0 atom stereocenters. The highest BCUT2D eigenvalue weighted by Crippen LogP contribution is 2.39. The highest BCUT2D eigenvalue weighted by molar-refractivity contribution is 7.92. The largest absolute Gasteiger partial charge is 0.497 e. The van der Waals surface area contributed by atoms with Gasteiger partial charge in [0.25, 0.3) is 10.0 Å². The lowest BCUT2D eigenvalue weighted by Gasteiger charge is -2.16. The Labute approximate surface area is 180 Å². The van der Waals surface area contributed by atoms with Crippen LogP contribution < -0.4 is 25.4 Å². The Bertz CT molecular complexity index is 1240. The maximum atomic E-state index is 12.9. The van der Waals surface area contributed by atoms with Crippen LogP contribution in [0.5, 0.6) is 5.75 Å². The molecule has 0 unspecified atom stereocenters. The minimum absolute atomic E-state index is 0.132. The molecule has 0 bridgehead atoms. The zero-order valence-electron chi connectivity index (χ0n) is 17.0. The number of fused-ring (bicyclic) bond motifs is 2. The molecule has 9 heteroatoms. The molecular weight excluding hydrogens is 416 g/mol. The molecule has 4 rings (SSSR count). The molecule has 3 aromatic carbocycles. The van der Waals surface area contributed by atoms with Gasteiger partial charge in [-0.15, -0.1) is 0 Å². The summed E-state index contributed by atoms with van der Waals surface area (Å²) in [6.45, 7) is 1.97. The predicted molar refractivity (Wildman–Crippen MR) is 122 cm³/mol. The topological polar surface area (TPSA) is 109 Å². The van der Waals surface area contributed by atoms with Crippen molar-refractivity contribution in [3.05, 3.63) is 66.2 Å². The van der Waals surface area contributed by atoms with E-state index in [1.165, 1.54) is 26.2 Å². The van der Waals surface area contributed by atoms with Crippen LogP contribution in [0, 0.1) is 0 Å². The van der Waals surface area contributed by atoms with Crippen LogP contribution >= 0.6 is 0 Å². The second-order valence-corrected chi connectivity index (χ2v) is 8.72. The summed E-state index contributed by atoms with van der Waals surface area (Å²) in [5.41, 5.74) is 4.24. The van der Waals surface area contributed by atoms with Gasteiger partial charge in [-0.1, -0.05) is 6.07 Å². The van der Waals surface area contributed by atoms with Crippen LogP contribution in [0.2, 0.25) is 0 Å². The Hall–Kier alpha value is -3.72. The SMILES string of the molecule is COc1ccc(S(=O)(=O)Nc2cccc3c2Nc2ccc(NC(C)=O)cc2CN3)cc1. The Morgan fingerprint density at radius 2 is 1.81 bits per heavy atom. The van der Waals surface area contributed by atoms with Crippen molar-refractivity contribution in [1.29, 1.82) is 0 Å². The van der Waals surface area contributed by atoms with Crippen LogP contribution in [0.25, 0.3) is 0 Å². The summed E-state index contributed by atoms with van der Waals surface area (Å²) in [4.78, 5) is 11.5. The van der Waals surface area contributed by atoms with Crippen molar-refractivity contribution >= 4 is 44.4 Å². The number of rotatable bonds is 5. The van der Waals surface area contributed by atoms with Crippen molar-refractivity contribution in [2.24, 2.45) is 0 Å². The van der Waals surface area contributed by atoms with E-state index in [9.17, 15) is 13.2 Å². The van der Waals surface area contributed by atoms with E-state index in [0.717, 1.165) is 16.9 Å². The molecule has 8 nitrogen and oxygen atoms in total. The number of benzene rings is 3. The monoisotopic (exact) mass is 438 g/mol. The third kappa shape index (κ3) is 4.41. The molecule has 1 aliphatic rings. The lowest BCUT2D eigenvalue weighted by Crippen LogP contribution is -2.14. The van der Waals surface area contributed by atoms with Gasteiger partial charge in [0.15, 0.2) is 0 Å². The summed E-state index contributed by atoms with van der Waals surface area (Å²) < 4.78 is 33.6. The third-order valence-corrected chi connectivity index (χ3v) is 6.21. The first-order valence-corrected chi connectivity index (χ1v) is 11.1. The number of carbonyl (C=O) groups is 1. The van der Waals surface area contributed by atoms with E-state index in [-0.39, 0.29) is 10.8 Å². The van der Waals surface area contributed by atoms with E-state index in [1.54, 1.807) is 30.3 Å². The first-order chi connectivity index (χ1) is 14.9. The normalized spacial score (nSPS) is 12.3. The number of amides is 1. The average molecular weight is 439 g/mol. The first kappa shape index (κ1) is 20.5. The lowest BCUT2D eigenvalue weighted by atomic mass is 10.1. The number of carbonyl (C=O) groups excluding carboxylic acids is 1. The summed E-state index contributed by atoms with van der Waals surface area (Å²) >= 11 is 0. The average Bonchev–Trinajstić information content (AvgIpc) is 2.93. The van der Waals surface area contributed by atoms with Crippen molar-refractivity contribution < 1.29 is 17.9 Å². The zero-order valence-corrected chi connectivity index (χ0v) is 17.8. The molecule has 1 amide bonds. The van der Waals surface area contributed by atoms with Gasteiger partial charge in [-0.05, 0) is 60.2 Å². The molecule has 0 radical (unpaired) electrons. The van der Waals surface area contributed by atoms with E-state index in [2.05, 4.69) is 20.7 Å². The van der Waals surface area contributed by atoms with Crippen LogP contribution in [0.4, 0.5) is 28.4 Å². The van der Waals surface area contributed by atoms with E-state index >= 15 is 0 Å². The van der Waals surface area contributed by atoms with Gasteiger partial charge in [-0.2, -0.15) is 0 Å². The molecule has 1 heterocycles. The number of hydrogen-bond acceptors (Lipinski definition) is 6. The second-order valence-electron chi connectivity index (χ2n) is 7.04. The Morgan fingerprint density at radius 1 is 1.03 bits per heavy atom. The molecular formula is C22H22N4O4S. The third-order valence-electron chi connectivity index (χ3n) is 4.83. The van der Waals surface area contributed by atoms with Crippen molar-refractivity contribution in [1.82, 2.24) is 0 Å². The fourth-order valence-electron chi connectivity index (χ4n) is 3.35. The van der Waals surface area contributed by atoms with Gasteiger partial charge in [0.05, 0.1) is 29.1 Å². The second kappa shape index (κ2) is 8.19. The van der Waals surface area contributed by atoms with E-state index < -0.39 is 10.0 Å². The minimum atomic E-state index is -3.80. The fourth-order valence-corrected chi connectivity index (χ4v) is 4.42. The number of sulfonamides is 1. The summed E-state index contributed by atoms with van der Waals surface area (Å²) in [5.74, 6) is 0.432. The van der Waals surface area contributed by atoms with Gasteiger partial charge in [0.1, 0.15) is 5.75 Å². The van der Waals surface area contributed by atoms with Gasteiger partial charge in [-0.25, -0.2) is 8.42 Å². The van der Waals surface area contributed by atoms with E-state index in [4.69, 9.17) is 4.74 Å². The zero-order chi connectivity index (χ0) is 22.0. The lowest BCUT2D eigenvalue weighted by molar-refractivity contribution is -0.114. The van der Waals surface area contributed by atoms with Crippen LogP contribution in [0.3, 0.4) is 0 Å². The number of nitrogens with one attached hydrogen (secondary N) is 4. The van der Waals surface area contributed by atoms with Gasteiger partial charge >= 0.3 is 0 Å². The number of methoxy groups -OCH3 is 1. The number of ether oxygens (including phenoxy) is 1. The maximum absolute atomic E-state index is 12.9.